The highest BCUT2D eigenvalue weighted by Gasteiger charge is 2.29. The van der Waals surface area contributed by atoms with E-state index in [2.05, 4.69) is 19.6 Å². The molecule has 2 rings (SSSR count). The second-order valence-electron chi connectivity index (χ2n) is 5.55. The van der Waals surface area contributed by atoms with Gasteiger partial charge in [0.2, 0.25) is 11.0 Å². The van der Waals surface area contributed by atoms with E-state index in [-0.39, 0.29) is 11.9 Å². The van der Waals surface area contributed by atoms with Gasteiger partial charge >= 0.3 is 0 Å². The zero-order valence-corrected chi connectivity index (χ0v) is 14.4. The van der Waals surface area contributed by atoms with Crippen LogP contribution in [0, 0.1) is 0 Å². The van der Waals surface area contributed by atoms with Crippen molar-refractivity contribution in [3.63, 3.8) is 0 Å². The lowest BCUT2D eigenvalue weighted by Gasteiger charge is -2.21. The Morgan fingerprint density at radius 2 is 2.32 bits per heavy atom. The van der Waals surface area contributed by atoms with E-state index >= 15 is 0 Å². The summed E-state index contributed by atoms with van der Waals surface area (Å²) < 4.78 is 9.31. The second kappa shape index (κ2) is 8.40. The van der Waals surface area contributed by atoms with E-state index in [9.17, 15) is 4.79 Å². The summed E-state index contributed by atoms with van der Waals surface area (Å²) >= 11 is 1.37. The van der Waals surface area contributed by atoms with Gasteiger partial charge in [0.25, 0.3) is 0 Å². The number of carbonyl (C=O) groups excluding carboxylic acids is 1. The van der Waals surface area contributed by atoms with Gasteiger partial charge in [0.1, 0.15) is 5.82 Å². The Bertz CT molecular complexity index is 482. The Morgan fingerprint density at radius 3 is 3.00 bits per heavy atom. The van der Waals surface area contributed by atoms with Crippen LogP contribution < -0.4 is 5.32 Å². The Labute approximate surface area is 135 Å². The summed E-state index contributed by atoms with van der Waals surface area (Å²) in [6.07, 6.45) is 1.37. The van der Waals surface area contributed by atoms with Crippen LogP contribution in [0.25, 0.3) is 0 Å². The molecule has 1 aliphatic heterocycles. The molecule has 1 aromatic rings. The van der Waals surface area contributed by atoms with Gasteiger partial charge in [0.05, 0.1) is 12.6 Å². The van der Waals surface area contributed by atoms with E-state index in [4.69, 9.17) is 4.74 Å². The minimum atomic E-state index is 0.134. The summed E-state index contributed by atoms with van der Waals surface area (Å²) in [7, 11) is 3.74. The number of carbonyl (C=O) groups is 1. The molecule has 0 bridgehead atoms. The number of methoxy groups -OCH3 is 1. The van der Waals surface area contributed by atoms with Crippen LogP contribution >= 0.6 is 11.5 Å². The van der Waals surface area contributed by atoms with E-state index < -0.39 is 0 Å². The van der Waals surface area contributed by atoms with E-state index in [1.807, 2.05) is 18.9 Å². The van der Waals surface area contributed by atoms with Crippen LogP contribution in [0.15, 0.2) is 0 Å². The first kappa shape index (κ1) is 17.1. The number of nitrogens with one attached hydrogen (secondary N) is 1. The number of hydrogen-bond donors (Lipinski definition) is 1. The summed E-state index contributed by atoms with van der Waals surface area (Å²) in [5, 5.41) is 4.14. The van der Waals surface area contributed by atoms with Gasteiger partial charge in [-0.05, 0) is 7.05 Å². The predicted octanol–water partition coefficient (Wildman–Crippen LogP) is 0.692. The van der Waals surface area contributed by atoms with Crippen molar-refractivity contribution < 1.29 is 9.53 Å². The number of nitrogens with zero attached hydrogens (tertiary/aromatic N) is 4. The third kappa shape index (κ3) is 4.89. The Morgan fingerprint density at radius 1 is 1.50 bits per heavy atom. The van der Waals surface area contributed by atoms with Gasteiger partial charge < -0.3 is 19.9 Å². The minimum absolute atomic E-state index is 0.134. The van der Waals surface area contributed by atoms with Crippen molar-refractivity contribution in [2.24, 2.45) is 0 Å². The van der Waals surface area contributed by atoms with Gasteiger partial charge in [-0.25, -0.2) is 4.98 Å². The molecule has 0 radical (unpaired) electrons. The fraction of sp³-hybridized carbons (Fsp3) is 0.786. The average Bonchev–Trinajstić information content (AvgIpc) is 3.09. The van der Waals surface area contributed by atoms with Crippen molar-refractivity contribution in [3.05, 3.63) is 5.82 Å². The third-order valence-electron chi connectivity index (χ3n) is 3.76. The smallest absolute Gasteiger partial charge is 0.224 e. The normalized spacial score (nSPS) is 18.5. The number of rotatable bonds is 9. The highest BCUT2D eigenvalue weighted by Crippen LogP contribution is 2.18. The van der Waals surface area contributed by atoms with Gasteiger partial charge in [-0.2, -0.15) is 4.37 Å². The number of likely N-dealkylation sites (tertiary alicyclic amines) is 1. The Kier molecular flexibility index (Phi) is 6.53. The molecule has 1 aromatic heterocycles. The van der Waals surface area contributed by atoms with Crippen LogP contribution in [0.1, 0.15) is 19.2 Å². The third-order valence-corrected chi connectivity index (χ3v) is 4.44. The van der Waals surface area contributed by atoms with Gasteiger partial charge in [-0.3, -0.25) is 4.79 Å². The lowest BCUT2D eigenvalue weighted by Crippen LogP contribution is -2.36. The van der Waals surface area contributed by atoms with E-state index in [1.54, 1.807) is 7.11 Å². The van der Waals surface area contributed by atoms with Crippen molar-refractivity contribution in [3.8, 4) is 0 Å². The minimum Gasteiger partial charge on any atom is -0.383 e. The molecule has 0 aliphatic carbocycles. The average molecular weight is 327 g/mol. The summed E-state index contributed by atoms with van der Waals surface area (Å²) in [5.41, 5.74) is 0. The van der Waals surface area contributed by atoms with Crippen molar-refractivity contribution in [2.45, 2.75) is 25.8 Å². The molecule has 1 aliphatic rings. The van der Waals surface area contributed by atoms with Gasteiger partial charge in [0, 0.05) is 57.7 Å². The molecule has 124 valence electrons. The monoisotopic (exact) mass is 327 g/mol. The fourth-order valence-corrected chi connectivity index (χ4v) is 3.09. The quantitative estimate of drug-likeness (QED) is 0.720. The molecule has 0 spiro atoms. The van der Waals surface area contributed by atoms with Crippen molar-refractivity contribution in [2.75, 3.05) is 52.3 Å². The van der Waals surface area contributed by atoms with Gasteiger partial charge in [-0.15, -0.1) is 0 Å². The first-order valence-electron chi connectivity index (χ1n) is 7.66. The maximum absolute atomic E-state index is 12.1. The van der Waals surface area contributed by atoms with E-state index in [1.165, 1.54) is 11.5 Å². The molecule has 0 saturated carbocycles. The molecule has 22 heavy (non-hydrogen) atoms. The Hall–Kier alpha value is -1.25. The molecular weight excluding hydrogens is 302 g/mol. The fourth-order valence-electron chi connectivity index (χ4n) is 2.37. The number of likely N-dealkylation sites (N-methyl/N-ethyl adjacent to an activating group) is 1. The molecule has 2 heterocycles. The lowest BCUT2D eigenvalue weighted by molar-refractivity contribution is -0.127. The number of amides is 1. The van der Waals surface area contributed by atoms with Gasteiger partial charge in [-0.1, -0.05) is 6.92 Å². The first-order chi connectivity index (χ1) is 10.6. The number of aryl methyl sites for hydroxylation is 1. The maximum Gasteiger partial charge on any atom is 0.224 e. The highest BCUT2D eigenvalue weighted by atomic mass is 32.1. The molecule has 8 heteroatoms. The van der Waals surface area contributed by atoms with Crippen LogP contribution in [0.4, 0.5) is 5.13 Å². The summed E-state index contributed by atoms with van der Waals surface area (Å²) in [4.78, 5) is 20.6. The first-order valence-corrected chi connectivity index (χ1v) is 8.44. The topological polar surface area (TPSA) is 70.6 Å². The summed E-state index contributed by atoms with van der Waals surface area (Å²) in [5.74, 6) is 1.06. The molecule has 7 nitrogen and oxygen atoms in total. The Balaban J connectivity index is 1.75. The van der Waals surface area contributed by atoms with Crippen molar-refractivity contribution >= 4 is 22.6 Å². The zero-order valence-electron chi connectivity index (χ0n) is 13.5. The molecule has 1 N–H and O–H groups in total. The highest BCUT2D eigenvalue weighted by molar-refractivity contribution is 7.09. The molecule has 1 atom stereocenters. The summed E-state index contributed by atoms with van der Waals surface area (Å²) in [6, 6.07) is 0.134. The van der Waals surface area contributed by atoms with Crippen LogP contribution in [0.3, 0.4) is 0 Å². The summed E-state index contributed by atoms with van der Waals surface area (Å²) in [6.45, 7) is 5.98. The number of anilines is 1. The molecule has 1 fully saturated rings. The van der Waals surface area contributed by atoms with Gasteiger partial charge in [0.15, 0.2) is 0 Å². The van der Waals surface area contributed by atoms with E-state index in [0.29, 0.717) is 13.0 Å². The van der Waals surface area contributed by atoms with E-state index in [0.717, 1.165) is 43.6 Å². The molecule has 1 saturated heterocycles. The SMILES string of the molecule is CCc1nsc(N[C@H]2CC(=O)N(CCN(C)CCOC)C2)n1. The maximum atomic E-state index is 12.1. The number of aromatic nitrogens is 2. The van der Waals surface area contributed by atoms with Crippen LogP contribution in [0.5, 0.6) is 0 Å². The largest absolute Gasteiger partial charge is 0.383 e. The molecule has 0 aromatic carbocycles. The molecular formula is C14H25N5O2S. The van der Waals surface area contributed by atoms with Crippen LogP contribution in [0.2, 0.25) is 0 Å². The number of ether oxygens (including phenoxy) is 1. The van der Waals surface area contributed by atoms with Crippen molar-refractivity contribution in [1.82, 2.24) is 19.2 Å². The van der Waals surface area contributed by atoms with Crippen LogP contribution in [-0.2, 0) is 16.0 Å². The lowest BCUT2D eigenvalue weighted by atomic mass is 10.3. The zero-order chi connectivity index (χ0) is 15.9. The number of hydrogen-bond acceptors (Lipinski definition) is 7. The second-order valence-corrected chi connectivity index (χ2v) is 6.30. The predicted molar refractivity (Wildman–Crippen MR) is 87.3 cm³/mol. The molecule has 1 amide bonds. The van der Waals surface area contributed by atoms with Crippen molar-refractivity contribution in [1.29, 1.82) is 0 Å². The standard InChI is InChI=1S/C14H25N5O2S/c1-4-12-16-14(22-17-12)15-11-9-13(20)19(10-11)6-5-18(2)7-8-21-3/h11H,4-10H2,1-3H3,(H,15,16,17)/t11-/m0/s1. The van der Waals surface area contributed by atoms with Crippen LogP contribution in [-0.4, -0.2) is 78.0 Å². The molecule has 0 unspecified atom stereocenters.